The first kappa shape index (κ1) is 22.7. The molecule has 0 aliphatic heterocycles. The number of carbonyl (C=O) groups is 2. The van der Waals surface area contributed by atoms with Crippen molar-refractivity contribution >= 4 is 19.4 Å². The molecule has 2 atom stereocenters. The Labute approximate surface area is 170 Å². The Bertz CT molecular complexity index is 828. The minimum Gasteiger partial charge on any atom is -0.469 e. The number of aryl methyl sites for hydroxylation is 1. The summed E-state index contributed by atoms with van der Waals surface area (Å²) in [5, 5.41) is 2.46. The number of alkyl carbamates (subject to hydrolysis) is 1. The Morgan fingerprint density at radius 2 is 1.62 bits per heavy atom. The van der Waals surface area contributed by atoms with E-state index in [1.165, 1.54) is 7.11 Å². The molecule has 0 aromatic heterocycles. The maximum absolute atomic E-state index is 12.9. The molecule has 29 heavy (non-hydrogen) atoms. The summed E-state index contributed by atoms with van der Waals surface area (Å²) >= 11 is 0. The molecule has 2 rings (SSSR count). The number of nitrogens with one attached hydrogen (secondary N) is 1. The largest absolute Gasteiger partial charge is 0.469 e. The Morgan fingerprint density at radius 1 is 1.03 bits per heavy atom. The maximum Gasteiger partial charge on any atom is 0.408 e. The molecule has 2 N–H and O–H groups in total. The van der Waals surface area contributed by atoms with Crippen molar-refractivity contribution in [1.82, 2.24) is 5.32 Å². The lowest BCUT2D eigenvalue weighted by Crippen LogP contribution is -2.36. The topological polar surface area (TPSA) is 102 Å². The van der Waals surface area contributed by atoms with E-state index in [1.807, 2.05) is 48.5 Å². The zero-order valence-electron chi connectivity index (χ0n) is 16.3. The first-order valence-corrected chi connectivity index (χ1v) is 11.2. The number of carbonyl (C=O) groups excluding carboxylic acids is 2. The van der Waals surface area contributed by atoms with Crippen molar-refractivity contribution in [3.8, 4) is 0 Å². The second-order valence-corrected chi connectivity index (χ2v) is 9.13. The van der Waals surface area contributed by atoms with Crippen LogP contribution in [0.1, 0.15) is 24.0 Å². The van der Waals surface area contributed by atoms with Crippen LogP contribution in [0.15, 0.2) is 60.7 Å². The van der Waals surface area contributed by atoms with Crippen molar-refractivity contribution < 1.29 is 28.5 Å². The van der Waals surface area contributed by atoms with Crippen LogP contribution in [0.4, 0.5) is 4.79 Å². The zero-order chi connectivity index (χ0) is 21.1. The van der Waals surface area contributed by atoms with Crippen LogP contribution in [0.2, 0.25) is 0 Å². The molecule has 0 spiro atoms. The van der Waals surface area contributed by atoms with E-state index in [0.29, 0.717) is 6.42 Å². The van der Waals surface area contributed by atoms with E-state index < -0.39 is 25.2 Å². The number of esters is 1. The molecule has 2 unspecified atom stereocenters. The average Bonchev–Trinajstić information content (AvgIpc) is 2.75. The van der Waals surface area contributed by atoms with Crippen LogP contribution in [0.3, 0.4) is 0 Å². The fourth-order valence-corrected chi connectivity index (χ4v) is 4.45. The normalized spacial score (nSPS) is 13.7. The zero-order valence-corrected chi connectivity index (χ0v) is 17.2. The fourth-order valence-electron chi connectivity index (χ4n) is 2.72. The van der Waals surface area contributed by atoms with Crippen LogP contribution < -0.4 is 5.32 Å². The van der Waals surface area contributed by atoms with Crippen molar-refractivity contribution in [2.45, 2.75) is 31.7 Å². The van der Waals surface area contributed by atoms with Gasteiger partial charge in [-0.3, -0.25) is 9.36 Å². The van der Waals surface area contributed by atoms with Gasteiger partial charge in [-0.1, -0.05) is 60.7 Å². The molecule has 8 heteroatoms. The Balaban J connectivity index is 1.98. The fraction of sp³-hybridized carbons (Fsp3) is 0.333. The highest BCUT2D eigenvalue weighted by molar-refractivity contribution is 7.58. The van der Waals surface area contributed by atoms with E-state index in [4.69, 9.17) is 4.74 Å². The second kappa shape index (κ2) is 11.4. The average molecular weight is 419 g/mol. The third-order valence-corrected chi connectivity index (χ3v) is 6.62. The monoisotopic (exact) mass is 419 g/mol. The summed E-state index contributed by atoms with van der Waals surface area (Å²) < 4.78 is 22.7. The highest BCUT2D eigenvalue weighted by atomic mass is 31.2. The Kier molecular flexibility index (Phi) is 8.90. The number of ether oxygens (including phenoxy) is 2. The molecule has 0 fully saturated rings. The predicted molar refractivity (Wildman–Crippen MR) is 110 cm³/mol. The number of rotatable bonds is 10. The predicted octanol–water partition coefficient (Wildman–Crippen LogP) is 3.71. The minimum absolute atomic E-state index is 0.0182. The Hall–Kier alpha value is -2.63. The second-order valence-electron chi connectivity index (χ2n) is 6.55. The highest BCUT2D eigenvalue weighted by Crippen LogP contribution is 2.47. The van der Waals surface area contributed by atoms with Gasteiger partial charge in [0.25, 0.3) is 0 Å². The van der Waals surface area contributed by atoms with Crippen LogP contribution in [0.5, 0.6) is 0 Å². The van der Waals surface area contributed by atoms with E-state index in [2.05, 4.69) is 10.1 Å². The molecule has 156 valence electrons. The molecule has 0 saturated carbocycles. The van der Waals surface area contributed by atoms with Gasteiger partial charge in [0.2, 0.25) is 7.37 Å². The summed E-state index contributed by atoms with van der Waals surface area (Å²) in [7, 11) is -2.56. The SMILES string of the molecule is COC(=O)CCC(NC(=O)OCc1ccccc1)P(=O)(O)CCc1ccccc1. The number of benzene rings is 2. The van der Waals surface area contributed by atoms with Gasteiger partial charge in [-0.2, -0.15) is 0 Å². The van der Waals surface area contributed by atoms with Crippen molar-refractivity contribution in [3.05, 3.63) is 71.8 Å². The quantitative estimate of drug-likeness (QED) is 0.450. The molecule has 1 amide bonds. The smallest absolute Gasteiger partial charge is 0.408 e. The van der Waals surface area contributed by atoms with Gasteiger partial charge in [0.05, 0.1) is 7.11 Å². The van der Waals surface area contributed by atoms with Crippen LogP contribution in [0, 0.1) is 0 Å². The molecule has 0 radical (unpaired) electrons. The van der Waals surface area contributed by atoms with E-state index in [0.717, 1.165) is 11.1 Å². The van der Waals surface area contributed by atoms with E-state index in [9.17, 15) is 19.0 Å². The third-order valence-electron chi connectivity index (χ3n) is 4.40. The lowest BCUT2D eigenvalue weighted by atomic mass is 10.2. The van der Waals surface area contributed by atoms with Crippen molar-refractivity contribution in [3.63, 3.8) is 0 Å². The number of hydrogen-bond acceptors (Lipinski definition) is 5. The maximum atomic E-state index is 12.9. The van der Waals surface area contributed by atoms with Crippen molar-refractivity contribution in [1.29, 1.82) is 0 Å². The number of hydrogen-bond donors (Lipinski definition) is 2. The van der Waals surface area contributed by atoms with Gasteiger partial charge in [-0.15, -0.1) is 0 Å². The number of amides is 1. The summed E-state index contributed by atoms with van der Waals surface area (Å²) in [6, 6.07) is 18.4. The van der Waals surface area contributed by atoms with Gasteiger partial charge >= 0.3 is 12.1 Å². The molecule has 2 aromatic carbocycles. The van der Waals surface area contributed by atoms with Gasteiger partial charge in [-0.25, -0.2) is 4.79 Å². The lowest BCUT2D eigenvalue weighted by molar-refractivity contribution is -0.140. The highest BCUT2D eigenvalue weighted by Gasteiger charge is 2.33. The number of methoxy groups -OCH3 is 1. The lowest BCUT2D eigenvalue weighted by Gasteiger charge is -2.24. The standard InChI is InChI=1S/C21H26NO6P/c1-27-20(23)13-12-19(22-21(24)28-16-18-10-6-3-7-11-18)29(25,26)15-14-17-8-4-2-5-9-17/h2-11,19H,12-16H2,1H3,(H,22,24)(H,25,26). The van der Waals surface area contributed by atoms with Crippen LogP contribution in [-0.2, 0) is 31.9 Å². The van der Waals surface area contributed by atoms with Crippen LogP contribution >= 0.6 is 7.37 Å². The molecule has 7 nitrogen and oxygen atoms in total. The van der Waals surface area contributed by atoms with Gasteiger partial charge in [0, 0.05) is 12.6 Å². The van der Waals surface area contributed by atoms with E-state index >= 15 is 0 Å². The van der Waals surface area contributed by atoms with Crippen molar-refractivity contribution in [2.75, 3.05) is 13.3 Å². The summed E-state index contributed by atoms with van der Waals surface area (Å²) in [4.78, 5) is 34.3. The van der Waals surface area contributed by atoms with Gasteiger partial charge in [0.1, 0.15) is 12.4 Å². The Morgan fingerprint density at radius 3 is 2.21 bits per heavy atom. The summed E-state index contributed by atoms with van der Waals surface area (Å²) in [6.07, 6.45) is -0.560. The first-order valence-electron chi connectivity index (χ1n) is 9.30. The van der Waals surface area contributed by atoms with Gasteiger partial charge < -0.3 is 19.7 Å². The molecule has 0 heterocycles. The third kappa shape index (κ3) is 8.10. The summed E-state index contributed by atoms with van der Waals surface area (Å²) in [5.41, 5.74) is 1.71. The van der Waals surface area contributed by atoms with Crippen molar-refractivity contribution in [2.24, 2.45) is 0 Å². The molecule has 0 aliphatic rings. The molecule has 0 bridgehead atoms. The van der Waals surface area contributed by atoms with Gasteiger partial charge in [0.15, 0.2) is 0 Å². The van der Waals surface area contributed by atoms with Crippen LogP contribution in [-0.4, -0.2) is 36.0 Å². The summed E-state index contributed by atoms with van der Waals surface area (Å²) in [6.45, 7) is 0.0378. The molecule has 2 aromatic rings. The van der Waals surface area contributed by atoms with E-state index in [-0.39, 0.29) is 25.6 Å². The molecule has 0 aliphatic carbocycles. The van der Waals surface area contributed by atoms with Crippen LogP contribution in [0.25, 0.3) is 0 Å². The first-order chi connectivity index (χ1) is 13.9. The van der Waals surface area contributed by atoms with Gasteiger partial charge in [-0.05, 0) is 24.0 Å². The summed E-state index contributed by atoms with van der Waals surface area (Å²) in [5.74, 6) is -1.62. The minimum atomic E-state index is -3.80. The van der Waals surface area contributed by atoms with E-state index in [1.54, 1.807) is 12.1 Å². The molecule has 0 saturated heterocycles. The molecular formula is C21H26NO6P. The molecular weight excluding hydrogens is 393 g/mol.